The van der Waals surface area contributed by atoms with Crippen LogP contribution in [0.5, 0.6) is 0 Å². The lowest BCUT2D eigenvalue weighted by atomic mass is 10.1. The van der Waals surface area contributed by atoms with Gasteiger partial charge in [0.2, 0.25) is 0 Å². The Hall–Kier alpha value is -0.0300. The van der Waals surface area contributed by atoms with Crippen LogP contribution in [0, 0.1) is 0 Å². The van der Waals surface area contributed by atoms with Crippen LogP contribution in [0.1, 0.15) is 30.5 Å². The Morgan fingerprint density at radius 2 is 1.94 bits per heavy atom. The van der Waals surface area contributed by atoms with E-state index < -0.39 is 0 Å². The van der Waals surface area contributed by atoms with Gasteiger partial charge in [-0.15, -0.1) is 11.3 Å². The Morgan fingerprint density at radius 3 is 2.56 bits per heavy atom. The van der Waals surface area contributed by atoms with E-state index in [1.165, 1.54) is 15.5 Å². The van der Waals surface area contributed by atoms with Crippen molar-refractivity contribution in [1.29, 1.82) is 0 Å². The highest BCUT2D eigenvalue weighted by Crippen LogP contribution is 2.18. The van der Waals surface area contributed by atoms with Gasteiger partial charge in [-0.1, -0.05) is 0 Å². The van der Waals surface area contributed by atoms with Crippen molar-refractivity contribution < 1.29 is 0 Å². The number of thiophene rings is 1. The van der Waals surface area contributed by atoms with E-state index in [0.717, 1.165) is 19.6 Å². The summed E-state index contributed by atoms with van der Waals surface area (Å²) in [6.45, 7) is 9.82. The van der Waals surface area contributed by atoms with Gasteiger partial charge in [-0.2, -0.15) is 11.8 Å². The molecule has 1 aromatic rings. The fourth-order valence-electron chi connectivity index (χ4n) is 1.55. The zero-order valence-corrected chi connectivity index (χ0v) is 13.9. The van der Waals surface area contributed by atoms with Gasteiger partial charge in [0.15, 0.2) is 0 Å². The van der Waals surface area contributed by atoms with Gasteiger partial charge in [0.1, 0.15) is 0 Å². The Morgan fingerprint density at radius 1 is 1.28 bits per heavy atom. The average Bonchev–Trinajstić information content (AvgIpc) is 2.70. The van der Waals surface area contributed by atoms with Crippen LogP contribution in [0.25, 0.3) is 0 Å². The number of thioether (sulfide) groups is 1. The lowest BCUT2D eigenvalue weighted by Crippen LogP contribution is -2.34. The second-order valence-electron chi connectivity index (χ2n) is 5.70. The summed E-state index contributed by atoms with van der Waals surface area (Å²) in [5.41, 5.74) is 0.194. The van der Waals surface area contributed by atoms with Crippen molar-refractivity contribution in [2.75, 3.05) is 25.6 Å². The van der Waals surface area contributed by atoms with Crippen molar-refractivity contribution in [3.05, 3.63) is 21.9 Å². The van der Waals surface area contributed by atoms with Crippen LogP contribution in [0.15, 0.2) is 12.1 Å². The summed E-state index contributed by atoms with van der Waals surface area (Å²) in [5.74, 6) is 1.21. The van der Waals surface area contributed by atoms with E-state index in [1.54, 1.807) is 0 Å². The molecule has 0 aliphatic heterocycles. The molecule has 0 saturated heterocycles. The van der Waals surface area contributed by atoms with Gasteiger partial charge >= 0.3 is 0 Å². The number of hydrogen-bond donors (Lipinski definition) is 1. The third-order valence-corrected chi connectivity index (χ3v) is 4.27. The fraction of sp³-hybridized carbons (Fsp3) is 0.714. The molecular weight excluding hydrogens is 260 g/mol. The van der Waals surface area contributed by atoms with Crippen molar-refractivity contribution in [3.63, 3.8) is 0 Å². The second kappa shape index (κ2) is 7.53. The molecule has 1 heterocycles. The maximum absolute atomic E-state index is 3.53. The van der Waals surface area contributed by atoms with Crippen LogP contribution in [0.4, 0.5) is 0 Å². The number of rotatable bonds is 7. The van der Waals surface area contributed by atoms with Crippen LogP contribution in [0.2, 0.25) is 0 Å². The molecule has 0 fully saturated rings. The molecule has 0 atom stereocenters. The van der Waals surface area contributed by atoms with Crippen molar-refractivity contribution >= 4 is 23.1 Å². The minimum absolute atomic E-state index is 0.194. The number of nitrogens with one attached hydrogen (secondary N) is 1. The molecule has 4 heteroatoms. The van der Waals surface area contributed by atoms with Crippen molar-refractivity contribution in [3.8, 4) is 0 Å². The third-order valence-electron chi connectivity index (χ3n) is 2.61. The molecule has 0 spiro atoms. The summed E-state index contributed by atoms with van der Waals surface area (Å²) in [5, 5.41) is 3.53. The van der Waals surface area contributed by atoms with E-state index in [0.29, 0.717) is 0 Å². The van der Waals surface area contributed by atoms with Gasteiger partial charge in [0.05, 0.1) is 0 Å². The van der Waals surface area contributed by atoms with Crippen molar-refractivity contribution in [2.45, 2.75) is 39.4 Å². The molecule has 0 radical (unpaired) electrons. The SMILES string of the molecule is CSCCN(C)Cc1ccc(CNC(C)(C)C)s1. The Bertz CT molecular complexity index is 342. The van der Waals surface area contributed by atoms with Crippen LogP contribution in [-0.2, 0) is 13.1 Å². The topological polar surface area (TPSA) is 15.3 Å². The first-order valence-corrected chi connectivity index (χ1v) is 8.62. The minimum atomic E-state index is 0.194. The van der Waals surface area contributed by atoms with E-state index in [1.807, 2.05) is 23.1 Å². The molecule has 0 unspecified atom stereocenters. The molecule has 0 aliphatic rings. The van der Waals surface area contributed by atoms with Crippen molar-refractivity contribution in [2.24, 2.45) is 0 Å². The van der Waals surface area contributed by atoms with Gasteiger partial charge in [0.25, 0.3) is 0 Å². The summed E-state index contributed by atoms with van der Waals surface area (Å²) in [4.78, 5) is 5.28. The largest absolute Gasteiger partial charge is 0.307 e. The second-order valence-corrected chi connectivity index (χ2v) is 7.94. The molecule has 0 aromatic carbocycles. The van der Waals surface area contributed by atoms with Gasteiger partial charge < -0.3 is 10.2 Å². The normalized spacial score (nSPS) is 12.3. The Labute approximate surface area is 120 Å². The lowest BCUT2D eigenvalue weighted by Gasteiger charge is -2.19. The predicted octanol–water partition coefficient (Wildman–Crippen LogP) is 3.43. The molecular formula is C14H26N2S2. The first-order valence-electron chi connectivity index (χ1n) is 6.41. The van der Waals surface area contributed by atoms with Gasteiger partial charge in [0, 0.05) is 40.7 Å². The zero-order valence-electron chi connectivity index (χ0n) is 12.2. The van der Waals surface area contributed by atoms with E-state index in [2.05, 4.69) is 56.4 Å². The number of nitrogens with zero attached hydrogens (tertiary/aromatic N) is 1. The quantitative estimate of drug-likeness (QED) is 0.827. The van der Waals surface area contributed by atoms with Crippen molar-refractivity contribution in [1.82, 2.24) is 10.2 Å². The molecule has 104 valence electrons. The molecule has 2 nitrogen and oxygen atoms in total. The highest BCUT2D eigenvalue weighted by atomic mass is 32.2. The Balaban J connectivity index is 2.38. The molecule has 0 bridgehead atoms. The van der Waals surface area contributed by atoms with Gasteiger partial charge in [-0.3, -0.25) is 0 Å². The molecule has 18 heavy (non-hydrogen) atoms. The highest BCUT2D eigenvalue weighted by Gasteiger charge is 2.10. The average molecular weight is 287 g/mol. The highest BCUT2D eigenvalue weighted by molar-refractivity contribution is 7.98. The maximum Gasteiger partial charge on any atom is 0.0325 e. The molecule has 0 aliphatic carbocycles. The summed E-state index contributed by atoms with van der Waals surface area (Å²) in [6, 6.07) is 4.51. The van der Waals surface area contributed by atoms with Crippen LogP contribution in [0.3, 0.4) is 0 Å². The zero-order chi connectivity index (χ0) is 13.6. The van der Waals surface area contributed by atoms with Gasteiger partial charge in [-0.05, 0) is 46.2 Å². The molecule has 1 N–H and O–H groups in total. The van der Waals surface area contributed by atoms with E-state index >= 15 is 0 Å². The van der Waals surface area contributed by atoms with E-state index in [9.17, 15) is 0 Å². The summed E-state index contributed by atoms with van der Waals surface area (Å²) in [7, 11) is 2.20. The van der Waals surface area contributed by atoms with Crippen LogP contribution in [-0.4, -0.2) is 36.0 Å². The maximum atomic E-state index is 3.53. The lowest BCUT2D eigenvalue weighted by molar-refractivity contribution is 0.352. The molecule has 1 aromatic heterocycles. The first-order chi connectivity index (χ1) is 8.40. The molecule has 0 amide bonds. The fourth-order valence-corrected chi connectivity index (χ4v) is 3.08. The van der Waals surface area contributed by atoms with Crippen LogP contribution >= 0.6 is 23.1 Å². The monoisotopic (exact) mass is 286 g/mol. The summed E-state index contributed by atoms with van der Waals surface area (Å²) in [6.07, 6.45) is 2.16. The minimum Gasteiger partial charge on any atom is -0.307 e. The van der Waals surface area contributed by atoms with E-state index in [4.69, 9.17) is 0 Å². The third kappa shape index (κ3) is 6.78. The smallest absolute Gasteiger partial charge is 0.0325 e. The number of hydrogen-bond acceptors (Lipinski definition) is 4. The van der Waals surface area contributed by atoms with Crippen LogP contribution < -0.4 is 5.32 Å². The standard InChI is InChI=1S/C14H26N2S2/c1-14(2,3)15-10-12-6-7-13(18-12)11-16(4)8-9-17-5/h6-7,15H,8-11H2,1-5H3. The summed E-state index contributed by atoms with van der Waals surface area (Å²) >= 11 is 3.83. The predicted molar refractivity (Wildman–Crippen MR) is 85.6 cm³/mol. The summed E-state index contributed by atoms with van der Waals surface area (Å²) < 4.78 is 0. The molecule has 1 rings (SSSR count). The van der Waals surface area contributed by atoms with E-state index in [-0.39, 0.29) is 5.54 Å². The Kier molecular flexibility index (Phi) is 6.71. The molecule has 0 saturated carbocycles. The first kappa shape index (κ1) is 16.0. The van der Waals surface area contributed by atoms with Gasteiger partial charge in [-0.25, -0.2) is 0 Å².